The van der Waals surface area contributed by atoms with Crippen LogP contribution in [0.2, 0.25) is 0 Å². The molecule has 0 bridgehead atoms. The smallest absolute Gasteiger partial charge is 0.133 e. The van der Waals surface area contributed by atoms with Crippen molar-refractivity contribution in [1.29, 1.82) is 0 Å². The zero-order valence-corrected chi connectivity index (χ0v) is 10.8. The summed E-state index contributed by atoms with van der Waals surface area (Å²) in [7, 11) is 0. The second-order valence-electron chi connectivity index (χ2n) is 6.06. The number of Topliss-reactive ketones (excluding diaryl/α,β-unsaturated/α-hetero) is 1. The summed E-state index contributed by atoms with van der Waals surface area (Å²) in [6.45, 7) is 4.54. The van der Waals surface area contributed by atoms with Gasteiger partial charge in [-0.15, -0.1) is 0 Å². The lowest BCUT2D eigenvalue weighted by Crippen LogP contribution is -2.41. The van der Waals surface area contributed by atoms with Crippen molar-refractivity contribution < 1.29 is 4.79 Å². The Morgan fingerprint density at radius 2 is 2.12 bits per heavy atom. The van der Waals surface area contributed by atoms with Gasteiger partial charge in [0.05, 0.1) is 0 Å². The van der Waals surface area contributed by atoms with Gasteiger partial charge in [-0.1, -0.05) is 30.7 Å². The van der Waals surface area contributed by atoms with E-state index in [2.05, 4.69) is 32.0 Å². The number of rotatable bonds is 0. The summed E-state index contributed by atoms with van der Waals surface area (Å²) in [6, 6.07) is 6.88. The molecule has 1 aromatic carbocycles. The van der Waals surface area contributed by atoms with Crippen LogP contribution in [-0.2, 0) is 16.6 Å². The number of aryl methyl sites for hydroxylation is 2. The van der Waals surface area contributed by atoms with Crippen LogP contribution < -0.4 is 0 Å². The molecule has 0 N–H and O–H groups in total. The molecule has 1 heteroatoms. The molecule has 1 fully saturated rings. The molecule has 2 aliphatic rings. The SMILES string of the molecule is Cc1ccc2c(c1)CC[C@H]1CC(=O)CC[C@]21C. The Hall–Kier alpha value is -1.11. The van der Waals surface area contributed by atoms with E-state index in [1.165, 1.54) is 23.1 Å². The van der Waals surface area contributed by atoms with E-state index in [1.807, 2.05) is 0 Å². The number of carbonyl (C=O) groups excluding carboxylic acids is 1. The predicted molar refractivity (Wildman–Crippen MR) is 69.2 cm³/mol. The largest absolute Gasteiger partial charge is 0.300 e. The monoisotopic (exact) mass is 228 g/mol. The lowest BCUT2D eigenvalue weighted by Gasteiger charge is -2.46. The van der Waals surface area contributed by atoms with E-state index < -0.39 is 0 Å². The van der Waals surface area contributed by atoms with Crippen LogP contribution in [0.1, 0.15) is 49.3 Å². The molecule has 0 spiro atoms. The van der Waals surface area contributed by atoms with Gasteiger partial charge in [0.25, 0.3) is 0 Å². The molecule has 0 saturated heterocycles. The Labute approximate surface area is 103 Å². The third kappa shape index (κ3) is 1.64. The number of fused-ring (bicyclic) bond motifs is 3. The van der Waals surface area contributed by atoms with E-state index in [0.717, 1.165) is 25.7 Å². The molecule has 1 nitrogen and oxygen atoms in total. The second-order valence-corrected chi connectivity index (χ2v) is 6.06. The van der Waals surface area contributed by atoms with Crippen LogP contribution in [0, 0.1) is 12.8 Å². The third-order valence-corrected chi connectivity index (χ3v) is 4.94. The lowest BCUT2D eigenvalue weighted by molar-refractivity contribution is -0.123. The molecule has 0 heterocycles. The first-order valence-corrected chi connectivity index (χ1v) is 6.71. The number of benzene rings is 1. The van der Waals surface area contributed by atoms with Gasteiger partial charge in [-0.05, 0) is 48.6 Å². The fourth-order valence-electron chi connectivity index (χ4n) is 3.80. The maximum Gasteiger partial charge on any atom is 0.133 e. The minimum atomic E-state index is 0.259. The average Bonchev–Trinajstić information content (AvgIpc) is 2.30. The first-order chi connectivity index (χ1) is 8.09. The highest BCUT2D eigenvalue weighted by atomic mass is 16.1. The molecule has 90 valence electrons. The molecule has 3 rings (SSSR count). The Bertz CT molecular complexity index is 474. The van der Waals surface area contributed by atoms with Crippen molar-refractivity contribution in [3.05, 3.63) is 34.9 Å². The van der Waals surface area contributed by atoms with Gasteiger partial charge in [0.2, 0.25) is 0 Å². The van der Waals surface area contributed by atoms with Crippen LogP contribution in [0.4, 0.5) is 0 Å². The molecule has 0 amide bonds. The number of ketones is 1. The maximum absolute atomic E-state index is 11.6. The summed E-state index contributed by atoms with van der Waals surface area (Å²) in [5.74, 6) is 1.06. The van der Waals surface area contributed by atoms with E-state index >= 15 is 0 Å². The molecule has 0 unspecified atom stereocenters. The van der Waals surface area contributed by atoms with Crippen molar-refractivity contribution in [3.63, 3.8) is 0 Å². The molecule has 2 atom stereocenters. The fourth-order valence-corrected chi connectivity index (χ4v) is 3.80. The fraction of sp³-hybridized carbons (Fsp3) is 0.562. The van der Waals surface area contributed by atoms with Crippen molar-refractivity contribution in [2.24, 2.45) is 5.92 Å². The number of hydrogen-bond donors (Lipinski definition) is 0. The molecule has 1 saturated carbocycles. The highest BCUT2D eigenvalue weighted by Crippen LogP contribution is 2.48. The van der Waals surface area contributed by atoms with E-state index in [0.29, 0.717) is 11.7 Å². The first kappa shape index (κ1) is 11.0. The molecular weight excluding hydrogens is 208 g/mol. The second kappa shape index (κ2) is 3.69. The Balaban J connectivity index is 2.07. The van der Waals surface area contributed by atoms with Gasteiger partial charge in [0, 0.05) is 12.8 Å². The summed E-state index contributed by atoms with van der Waals surface area (Å²) in [5.41, 5.74) is 4.66. The standard InChI is InChI=1S/C16H20O/c1-11-3-6-15-12(9-11)4-5-13-10-14(17)7-8-16(13,15)2/h3,6,9,13H,4-5,7-8,10H2,1-2H3/t13-,16-/m0/s1. The zero-order valence-electron chi connectivity index (χ0n) is 10.8. The Kier molecular flexibility index (Phi) is 2.39. The summed E-state index contributed by atoms with van der Waals surface area (Å²) in [5, 5.41) is 0. The van der Waals surface area contributed by atoms with Crippen LogP contribution in [0.25, 0.3) is 0 Å². The van der Waals surface area contributed by atoms with Crippen molar-refractivity contribution >= 4 is 5.78 Å². The number of hydrogen-bond acceptors (Lipinski definition) is 1. The molecule has 0 aliphatic heterocycles. The van der Waals surface area contributed by atoms with Gasteiger partial charge in [-0.3, -0.25) is 4.79 Å². The highest BCUT2D eigenvalue weighted by molar-refractivity contribution is 5.80. The van der Waals surface area contributed by atoms with Crippen LogP contribution in [0.5, 0.6) is 0 Å². The normalized spacial score (nSPS) is 31.9. The van der Waals surface area contributed by atoms with Gasteiger partial charge < -0.3 is 0 Å². The topological polar surface area (TPSA) is 17.1 Å². The molecule has 17 heavy (non-hydrogen) atoms. The van der Waals surface area contributed by atoms with E-state index in [4.69, 9.17) is 0 Å². The predicted octanol–water partition coefficient (Wildman–Crippen LogP) is 3.57. The molecule has 0 aromatic heterocycles. The number of carbonyl (C=O) groups is 1. The van der Waals surface area contributed by atoms with E-state index in [9.17, 15) is 4.79 Å². The molecule has 1 aromatic rings. The molecule has 2 aliphatic carbocycles. The van der Waals surface area contributed by atoms with Crippen LogP contribution >= 0.6 is 0 Å². The van der Waals surface area contributed by atoms with Gasteiger partial charge in [0.15, 0.2) is 0 Å². The zero-order chi connectivity index (χ0) is 12.0. The average molecular weight is 228 g/mol. The third-order valence-electron chi connectivity index (χ3n) is 4.94. The summed E-state index contributed by atoms with van der Waals surface area (Å²) >= 11 is 0. The molecule has 0 radical (unpaired) electrons. The minimum absolute atomic E-state index is 0.259. The summed E-state index contributed by atoms with van der Waals surface area (Å²) in [4.78, 5) is 11.6. The van der Waals surface area contributed by atoms with Crippen LogP contribution in [-0.4, -0.2) is 5.78 Å². The van der Waals surface area contributed by atoms with Gasteiger partial charge in [-0.25, -0.2) is 0 Å². The van der Waals surface area contributed by atoms with Crippen LogP contribution in [0.15, 0.2) is 18.2 Å². The summed E-state index contributed by atoms with van der Waals surface area (Å²) < 4.78 is 0. The van der Waals surface area contributed by atoms with Gasteiger partial charge >= 0.3 is 0 Å². The van der Waals surface area contributed by atoms with Crippen molar-refractivity contribution in [2.75, 3.05) is 0 Å². The lowest BCUT2D eigenvalue weighted by atomic mass is 9.58. The summed E-state index contributed by atoms with van der Waals surface area (Å²) in [6.07, 6.45) is 4.99. The Morgan fingerprint density at radius 3 is 2.94 bits per heavy atom. The van der Waals surface area contributed by atoms with Gasteiger partial charge in [-0.2, -0.15) is 0 Å². The quantitative estimate of drug-likeness (QED) is 0.663. The van der Waals surface area contributed by atoms with Crippen molar-refractivity contribution in [1.82, 2.24) is 0 Å². The van der Waals surface area contributed by atoms with E-state index in [-0.39, 0.29) is 5.41 Å². The Morgan fingerprint density at radius 1 is 1.29 bits per heavy atom. The van der Waals surface area contributed by atoms with Crippen molar-refractivity contribution in [2.45, 2.75) is 51.4 Å². The van der Waals surface area contributed by atoms with Crippen molar-refractivity contribution in [3.8, 4) is 0 Å². The maximum atomic E-state index is 11.6. The minimum Gasteiger partial charge on any atom is -0.300 e. The first-order valence-electron chi connectivity index (χ1n) is 6.71. The van der Waals surface area contributed by atoms with Crippen LogP contribution in [0.3, 0.4) is 0 Å². The molecular formula is C16H20O. The highest BCUT2D eigenvalue weighted by Gasteiger charge is 2.43. The van der Waals surface area contributed by atoms with E-state index in [1.54, 1.807) is 0 Å². The van der Waals surface area contributed by atoms with Gasteiger partial charge in [0.1, 0.15) is 5.78 Å².